The van der Waals surface area contributed by atoms with Crippen LogP contribution in [0.4, 0.5) is 5.88 Å². The van der Waals surface area contributed by atoms with Crippen LogP contribution in [0.5, 0.6) is 11.5 Å². The maximum atomic E-state index is 13.8. The number of hydrogen-bond acceptors (Lipinski definition) is 10. The predicted molar refractivity (Wildman–Crippen MR) is 135 cm³/mol. The van der Waals surface area contributed by atoms with Crippen molar-refractivity contribution < 1.29 is 28.2 Å². The van der Waals surface area contributed by atoms with Crippen molar-refractivity contribution in [3.05, 3.63) is 72.6 Å². The van der Waals surface area contributed by atoms with E-state index in [-0.39, 0.29) is 19.0 Å². The zero-order chi connectivity index (χ0) is 25.5. The number of thiazole rings is 1. The molecule has 37 heavy (non-hydrogen) atoms. The van der Waals surface area contributed by atoms with Gasteiger partial charge in [0.25, 0.3) is 5.56 Å². The van der Waals surface area contributed by atoms with Gasteiger partial charge >= 0.3 is 5.97 Å². The zero-order valence-corrected chi connectivity index (χ0v) is 21.2. The molecule has 3 aromatic rings. The molecule has 3 aliphatic rings. The normalized spacial score (nSPS) is 19.1. The van der Waals surface area contributed by atoms with Gasteiger partial charge in [0.05, 0.1) is 41.7 Å². The predicted octanol–water partition coefficient (Wildman–Crippen LogP) is 1.96. The van der Waals surface area contributed by atoms with Gasteiger partial charge in [0.2, 0.25) is 6.79 Å². The highest BCUT2D eigenvalue weighted by atomic mass is 32.1. The van der Waals surface area contributed by atoms with Crippen LogP contribution in [0.1, 0.15) is 31.2 Å². The molecule has 1 aromatic carbocycles. The van der Waals surface area contributed by atoms with E-state index in [0.29, 0.717) is 56.6 Å². The molecule has 6 rings (SSSR count). The number of esters is 1. The molecule has 0 spiro atoms. The van der Waals surface area contributed by atoms with E-state index in [9.17, 15) is 9.59 Å². The van der Waals surface area contributed by atoms with Crippen molar-refractivity contribution in [2.24, 2.45) is 4.99 Å². The number of carbonyl (C=O) groups is 1. The summed E-state index contributed by atoms with van der Waals surface area (Å²) in [6, 6.07) is 8.41. The first-order chi connectivity index (χ1) is 18.0. The average Bonchev–Trinajstić information content (AvgIpc) is 3.63. The molecule has 11 heteroatoms. The van der Waals surface area contributed by atoms with E-state index in [4.69, 9.17) is 23.4 Å². The second kappa shape index (κ2) is 9.56. The highest BCUT2D eigenvalue weighted by molar-refractivity contribution is 7.07. The molecule has 2 aromatic heterocycles. The summed E-state index contributed by atoms with van der Waals surface area (Å²) in [5.41, 5.74) is 1.24. The Hall–Kier alpha value is -3.83. The molecule has 0 bridgehead atoms. The number of hydrogen-bond donors (Lipinski definition) is 0. The summed E-state index contributed by atoms with van der Waals surface area (Å²) >= 11 is 1.25. The molecule has 3 aliphatic heterocycles. The van der Waals surface area contributed by atoms with Crippen molar-refractivity contribution in [3.63, 3.8) is 0 Å². The van der Waals surface area contributed by atoms with Crippen molar-refractivity contribution in [2.45, 2.75) is 19.9 Å². The van der Waals surface area contributed by atoms with Gasteiger partial charge in [-0.1, -0.05) is 17.4 Å². The van der Waals surface area contributed by atoms with E-state index < -0.39 is 12.0 Å². The van der Waals surface area contributed by atoms with Gasteiger partial charge in [-0.25, -0.2) is 9.79 Å². The van der Waals surface area contributed by atoms with E-state index in [1.165, 1.54) is 11.3 Å². The van der Waals surface area contributed by atoms with Crippen LogP contribution >= 0.6 is 11.3 Å². The number of furan rings is 1. The average molecular weight is 524 g/mol. The molecule has 10 nitrogen and oxygen atoms in total. The molecule has 1 saturated heterocycles. The Bertz CT molecular complexity index is 1580. The Kier molecular flexibility index (Phi) is 6.09. The van der Waals surface area contributed by atoms with Crippen molar-refractivity contribution >= 4 is 29.3 Å². The molecular weight excluding hydrogens is 498 g/mol. The number of nitrogens with zero attached hydrogens (tertiary/aromatic N) is 3. The zero-order valence-electron chi connectivity index (χ0n) is 20.4. The molecule has 0 unspecified atom stereocenters. The molecule has 0 saturated carbocycles. The number of aromatic nitrogens is 1. The first kappa shape index (κ1) is 23.6. The number of ether oxygens (including phenoxy) is 4. The molecule has 0 amide bonds. The van der Waals surface area contributed by atoms with Gasteiger partial charge in [-0.2, -0.15) is 0 Å². The van der Waals surface area contributed by atoms with Crippen molar-refractivity contribution in [3.8, 4) is 11.5 Å². The van der Waals surface area contributed by atoms with Crippen LogP contribution in [-0.4, -0.2) is 50.2 Å². The smallest absolute Gasteiger partial charge is 0.338 e. The minimum Gasteiger partial charge on any atom is -0.463 e. The Morgan fingerprint density at radius 2 is 2.00 bits per heavy atom. The van der Waals surface area contributed by atoms with Crippen LogP contribution < -0.4 is 29.3 Å². The fourth-order valence-corrected chi connectivity index (χ4v) is 5.72. The Balaban J connectivity index is 1.45. The van der Waals surface area contributed by atoms with Gasteiger partial charge in [0.15, 0.2) is 22.2 Å². The minimum atomic E-state index is -0.729. The summed E-state index contributed by atoms with van der Waals surface area (Å²) in [6.07, 6.45) is 1.72. The molecular formula is C26H25N3O7S. The lowest BCUT2D eigenvalue weighted by Crippen LogP contribution is -2.39. The van der Waals surface area contributed by atoms with Gasteiger partial charge in [-0.05, 0) is 37.6 Å². The number of fused-ring (bicyclic) bond motifs is 2. The largest absolute Gasteiger partial charge is 0.463 e. The van der Waals surface area contributed by atoms with Crippen LogP contribution in [0, 0.1) is 0 Å². The van der Waals surface area contributed by atoms with E-state index in [0.717, 1.165) is 19.0 Å². The van der Waals surface area contributed by atoms with Crippen LogP contribution in [0.2, 0.25) is 0 Å². The third kappa shape index (κ3) is 4.23. The van der Waals surface area contributed by atoms with E-state index in [1.807, 2.05) is 18.2 Å². The van der Waals surface area contributed by atoms with Crippen molar-refractivity contribution in [1.29, 1.82) is 0 Å². The fourth-order valence-electron chi connectivity index (χ4n) is 4.69. The fraction of sp³-hybridized carbons (Fsp3) is 0.346. The first-order valence-electron chi connectivity index (χ1n) is 12.0. The number of allylic oxidation sites excluding steroid dienone is 1. The number of carbonyl (C=O) groups excluding carboxylic acids is 1. The first-order valence-corrected chi connectivity index (χ1v) is 12.9. The topological polar surface area (TPSA) is 105 Å². The summed E-state index contributed by atoms with van der Waals surface area (Å²) in [5, 5.41) is 0. The lowest BCUT2D eigenvalue weighted by Gasteiger charge is -2.26. The van der Waals surface area contributed by atoms with E-state index >= 15 is 0 Å². The Morgan fingerprint density at radius 1 is 1.19 bits per heavy atom. The molecule has 0 aliphatic carbocycles. The molecule has 0 radical (unpaired) electrons. The monoisotopic (exact) mass is 523 g/mol. The standard InChI is InChI=1S/C26H25N3O7S/c1-3-33-25(31)22-15(2)27-26-29(23(22)16-4-6-18-19(12-16)35-14-34-18)24(30)20(37-26)13-17-5-7-21(36-17)28-8-10-32-11-9-28/h4-7,12-13,23H,3,8-11,14H2,1-2H3/t23-/m0/s1. The maximum Gasteiger partial charge on any atom is 0.338 e. The summed E-state index contributed by atoms with van der Waals surface area (Å²) < 4.78 is 29.8. The number of morpholine rings is 1. The minimum absolute atomic E-state index is 0.122. The second-order valence-corrected chi connectivity index (χ2v) is 9.70. The van der Waals surface area contributed by atoms with Crippen LogP contribution in [-0.2, 0) is 14.3 Å². The quantitative estimate of drug-likeness (QED) is 0.468. The van der Waals surface area contributed by atoms with Crippen LogP contribution in [0.15, 0.2) is 55.8 Å². The second-order valence-electron chi connectivity index (χ2n) is 8.69. The SMILES string of the molecule is CCOC(=O)C1=C(C)N=c2sc(=Cc3ccc(N4CCOCC4)o3)c(=O)n2[C@H]1c1ccc2c(c1)OCO2. The number of benzene rings is 1. The Labute approximate surface area is 215 Å². The van der Waals surface area contributed by atoms with Gasteiger partial charge in [-0.15, -0.1) is 0 Å². The molecule has 5 heterocycles. The van der Waals surface area contributed by atoms with Crippen molar-refractivity contribution in [1.82, 2.24) is 4.57 Å². The summed E-state index contributed by atoms with van der Waals surface area (Å²) in [7, 11) is 0. The highest BCUT2D eigenvalue weighted by Crippen LogP contribution is 2.38. The molecule has 192 valence electrons. The van der Waals surface area contributed by atoms with Crippen LogP contribution in [0.3, 0.4) is 0 Å². The summed E-state index contributed by atoms with van der Waals surface area (Å²) in [4.78, 5) is 34.0. The molecule has 1 fully saturated rings. The number of anilines is 1. The van der Waals surface area contributed by atoms with Gasteiger partial charge in [0, 0.05) is 25.2 Å². The maximum absolute atomic E-state index is 13.8. The Morgan fingerprint density at radius 3 is 2.81 bits per heavy atom. The molecule has 0 N–H and O–H groups in total. The summed E-state index contributed by atoms with van der Waals surface area (Å²) in [5.74, 6) is 1.96. The van der Waals surface area contributed by atoms with E-state index in [1.54, 1.807) is 36.6 Å². The van der Waals surface area contributed by atoms with Crippen LogP contribution in [0.25, 0.3) is 6.08 Å². The third-order valence-electron chi connectivity index (χ3n) is 6.44. The molecule has 1 atom stereocenters. The lowest BCUT2D eigenvalue weighted by molar-refractivity contribution is -0.139. The van der Waals surface area contributed by atoms with Gasteiger partial charge < -0.3 is 28.3 Å². The number of rotatable bonds is 5. The lowest BCUT2D eigenvalue weighted by atomic mass is 9.95. The van der Waals surface area contributed by atoms with Crippen molar-refractivity contribution in [2.75, 3.05) is 44.6 Å². The summed E-state index contributed by atoms with van der Waals surface area (Å²) in [6.45, 7) is 6.63. The highest BCUT2D eigenvalue weighted by Gasteiger charge is 2.34. The van der Waals surface area contributed by atoms with Gasteiger partial charge in [-0.3, -0.25) is 9.36 Å². The third-order valence-corrected chi connectivity index (χ3v) is 7.42. The van der Waals surface area contributed by atoms with Gasteiger partial charge in [0.1, 0.15) is 5.76 Å². The van der Waals surface area contributed by atoms with E-state index in [2.05, 4.69) is 9.89 Å².